The van der Waals surface area contributed by atoms with Crippen LogP contribution in [0.2, 0.25) is 0 Å². The third-order valence-electron chi connectivity index (χ3n) is 5.89. The van der Waals surface area contributed by atoms with E-state index in [1.807, 2.05) is 13.8 Å². The molecule has 12 nitrogen and oxygen atoms in total. The average Bonchev–Trinajstić information content (AvgIpc) is 3.48. The summed E-state index contributed by atoms with van der Waals surface area (Å²) in [5, 5.41) is 4.59. The van der Waals surface area contributed by atoms with Crippen molar-refractivity contribution in [2.75, 3.05) is 27.4 Å². The summed E-state index contributed by atoms with van der Waals surface area (Å²) in [5.41, 5.74) is 3.24. The van der Waals surface area contributed by atoms with Crippen LogP contribution in [0.4, 0.5) is 5.69 Å². The van der Waals surface area contributed by atoms with Gasteiger partial charge in [0, 0.05) is 44.9 Å². The van der Waals surface area contributed by atoms with Crippen molar-refractivity contribution in [3.63, 3.8) is 0 Å². The zero-order valence-corrected chi connectivity index (χ0v) is 21.8. The van der Waals surface area contributed by atoms with Gasteiger partial charge in [-0.3, -0.25) is 9.48 Å². The predicted octanol–water partition coefficient (Wildman–Crippen LogP) is 3.41. The number of imidazole rings is 1. The largest absolute Gasteiger partial charge is 0.493 e. The average molecular weight is 517 g/mol. The van der Waals surface area contributed by atoms with Crippen LogP contribution in [-0.4, -0.2) is 67.8 Å². The van der Waals surface area contributed by atoms with Gasteiger partial charge in [-0.1, -0.05) is 13.8 Å². The van der Waals surface area contributed by atoms with Gasteiger partial charge in [-0.2, -0.15) is 5.10 Å². The Morgan fingerprint density at radius 2 is 1.87 bits per heavy atom. The van der Waals surface area contributed by atoms with Crippen LogP contribution in [-0.2, 0) is 11.8 Å². The van der Waals surface area contributed by atoms with Crippen LogP contribution in [0.3, 0.4) is 0 Å². The van der Waals surface area contributed by atoms with Gasteiger partial charge in [0.15, 0.2) is 17.3 Å². The highest BCUT2D eigenvalue weighted by molar-refractivity contribution is 6.04. The minimum Gasteiger partial charge on any atom is -0.493 e. The Balaban J connectivity index is 1.74. The summed E-state index contributed by atoms with van der Waals surface area (Å²) in [4.78, 5) is 38.1. The molecule has 5 aromatic rings. The lowest BCUT2D eigenvalue weighted by Gasteiger charge is -2.10. The Bertz CT molecular complexity index is 1680. The van der Waals surface area contributed by atoms with E-state index in [-0.39, 0.29) is 17.0 Å². The Labute approximate surface area is 217 Å². The first-order chi connectivity index (χ1) is 18.4. The first kappa shape index (κ1) is 25.1. The molecule has 2 N–H and O–H groups in total. The molecule has 0 aliphatic carbocycles. The molecule has 0 spiro atoms. The van der Waals surface area contributed by atoms with Gasteiger partial charge in [-0.25, -0.2) is 19.9 Å². The van der Waals surface area contributed by atoms with E-state index < -0.39 is 0 Å². The second-order valence-electron chi connectivity index (χ2n) is 8.91. The molecule has 0 amide bonds. The summed E-state index contributed by atoms with van der Waals surface area (Å²) in [6.45, 7) is 4.78. The summed E-state index contributed by atoms with van der Waals surface area (Å²) >= 11 is 0. The summed E-state index contributed by atoms with van der Waals surface area (Å²) in [7, 11) is 4.95. The van der Waals surface area contributed by atoms with Crippen molar-refractivity contribution < 1.29 is 14.2 Å². The first-order valence-electron chi connectivity index (χ1n) is 12.0. The Morgan fingerprint density at radius 1 is 1.08 bits per heavy atom. The Morgan fingerprint density at radius 3 is 2.58 bits per heavy atom. The molecule has 5 rings (SSSR count). The number of H-pyrrole nitrogens is 2. The SMILES string of the molecule is COCCOc1cc2[nH]c(-c3c(N=C(c4ncccn4)C(C)C)c4nn(C)cc4[nH]c3=O)nc2cc1OC. The van der Waals surface area contributed by atoms with Gasteiger partial charge in [-0.15, -0.1) is 0 Å². The molecule has 0 aliphatic rings. The molecule has 4 heterocycles. The number of aromatic amines is 2. The van der Waals surface area contributed by atoms with E-state index in [1.54, 1.807) is 62.7 Å². The monoisotopic (exact) mass is 516 g/mol. The number of benzene rings is 1. The number of pyridine rings is 1. The molecule has 196 valence electrons. The lowest BCUT2D eigenvalue weighted by Crippen LogP contribution is -2.15. The van der Waals surface area contributed by atoms with E-state index >= 15 is 0 Å². The van der Waals surface area contributed by atoms with Crippen LogP contribution < -0.4 is 15.0 Å². The van der Waals surface area contributed by atoms with Crippen LogP contribution in [0.15, 0.2) is 46.6 Å². The molecule has 0 saturated heterocycles. The van der Waals surface area contributed by atoms with Crippen LogP contribution >= 0.6 is 0 Å². The summed E-state index contributed by atoms with van der Waals surface area (Å²) in [6, 6.07) is 5.28. The molecule has 0 saturated carbocycles. The lowest BCUT2D eigenvalue weighted by molar-refractivity contribution is 0.144. The normalized spacial score (nSPS) is 12.1. The molecule has 0 unspecified atom stereocenters. The zero-order valence-electron chi connectivity index (χ0n) is 21.8. The lowest BCUT2D eigenvalue weighted by atomic mass is 10.1. The van der Waals surface area contributed by atoms with Gasteiger partial charge >= 0.3 is 0 Å². The molecule has 12 heteroatoms. The quantitative estimate of drug-likeness (QED) is 0.224. The highest BCUT2D eigenvalue weighted by atomic mass is 16.5. The number of aromatic nitrogens is 7. The van der Waals surface area contributed by atoms with Gasteiger partial charge in [0.2, 0.25) is 0 Å². The fourth-order valence-corrected chi connectivity index (χ4v) is 4.13. The van der Waals surface area contributed by atoms with Crippen LogP contribution in [0.1, 0.15) is 19.7 Å². The van der Waals surface area contributed by atoms with Gasteiger partial charge < -0.3 is 24.2 Å². The van der Waals surface area contributed by atoms with Gasteiger partial charge in [0.25, 0.3) is 5.56 Å². The number of fused-ring (bicyclic) bond motifs is 2. The molecule has 0 bridgehead atoms. The zero-order chi connectivity index (χ0) is 26.8. The topological polar surface area (TPSA) is 145 Å². The van der Waals surface area contributed by atoms with Crippen molar-refractivity contribution in [2.45, 2.75) is 13.8 Å². The maximum Gasteiger partial charge on any atom is 0.261 e. The molecule has 0 radical (unpaired) electrons. The number of hydrogen-bond acceptors (Lipinski definition) is 9. The second kappa shape index (κ2) is 10.4. The first-order valence-corrected chi connectivity index (χ1v) is 12.0. The van der Waals surface area contributed by atoms with E-state index in [1.165, 1.54) is 0 Å². The number of aliphatic imine (C=N–C) groups is 1. The van der Waals surface area contributed by atoms with Gasteiger partial charge in [0.05, 0.1) is 36.0 Å². The fourth-order valence-electron chi connectivity index (χ4n) is 4.13. The standard InChI is InChI=1S/C26H28N8O4/c1-14(2)21(25-27-7-6-8-28-25)32-23-20(26(35)31-17-13-34(3)33-22(17)23)24-29-15-11-18(37-5)19(12-16(15)30-24)38-10-9-36-4/h6-8,11-14H,9-10H2,1-5H3,(H,29,30)(H,31,35). The minimum absolute atomic E-state index is 0.0324. The smallest absolute Gasteiger partial charge is 0.261 e. The van der Waals surface area contributed by atoms with Crippen molar-refractivity contribution >= 4 is 33.5 Å². The van der Waals surface area contributed by atoms with Gasteiger partial charge in [-0.05, 0) is 12.0 Å². The Hall–Kier alpha value is -4.58. The predicted molar refractivity (Wildman–Crippen MR) is 143 cm³/mol. The third-order valence-corrected chi connectivity index (χ3v) is 5.89. The fraction of sp³-hybridized carbons (Fsp3) is 0.308. The maximum absolute atomic E-state index is 13.5. The number of hydrogen-bond donors (Lipinski definition) is 2. The summed E-state index contributed by atoms with van der Waals surface area (Å²) < 4.78 is 18.0. The minimum atomic E-state index is -0.357. The molecule has 1 aromatic carbocycles. The van der Waals surface area contributed by atoms with Crippen molar-refractivity contribution in [3.05, 3.63) is 53.0 Å². The highest BCUT2D eigenvalue weighted by Gasteiger charge is 2.23. The second-order valence-corrected chi connectivity index (χ2v) is 8.91. The van der Waals surface area contributed by atoms with E-state index in [4.69, 9.17) is 24.2 Å². The number of methoxy groups -OCH3 is 2. The van der Waals surface area contributed by atoms with E-state index in [0.29, 0.717) is 69.8 Å². The number of ether oxygens (including phenoxy) is 3. The van der Waals surface area contributed by atoms with Crippen molar-refractivity contribution in [2.24, 2.45) is 18.0 Å². The number of nitrogens with one attached hydrogen (secondary N) is 2. The highest BCUT2D eigenvalue weighted by Crippen LogP contribution is 2.36. The molecule has 4 aromatic heterocycles. The molecular weight excluding hydrogens is 488 g/mol. The number of rotatable bonds is 9. The molecule has 0 fully saturated rings. The van der Waals surface area contributed by atoms with E-state index in [2.05, 4.69) is 25.0 Å². The molecular formula is C26H28N8O4. The molecule has 38 heavy (non-hydrogen) atoms. The Kier molecular flexibility index (Phi) is 6.88. The molecule has 0 atom stereocenters. The van der Waals surface area contributed by atoms with E-state index in [9.17, 15) is 4.79 Å². The summed E-state index contributed by atoms with van der Waals surface area (Å²) in [6.07, 6.45) is 5.06. The van der Waals surface area contributed by atoms with Crippen molar-refractivity contribution in [1.82, 2.24) is 34.7 Å². The summed E-state index contributed by atoms with van der Waals surface area (Å²) in [5.74, 6) is 1.82. The van der Waals surface area contributed by atoms with Crippen molar-refractivity contribution in [3.8, 4) is 22.9 Å². The molecule has 0 aliphatic heterocycles. The van der Waals surface area contributed by atoms with Crippen LogP contribution in [0, 0.1) is 5.92 Å². The maximum atomic E-state index is 13.5. The third kappa shape index (κ3) is 4.73. The van der Waals surface area contributed by atoms with Crippen LogP contribution in [0.25, 0.3) is 33.5 Å². The van der Waals surface area contributed by atoms with Crippen LogP contribution in [0.5, 0.6) is 11.5 Å². The van der Waals surface area contributed by atoms with E-state index in [0.717, 1.165) is 0 Å². The van der Waals surface area contributed by atoms with Crippen molar-refractivity contribution in [1.29, 1.82) is 0 Å². The number of aryl methyl sites for hydroxylation is 1. The number of nitrogens with zero attached hydrogens (tertiary/aromatic N) is 6. The van der Waals surface area contributed by atoms with Gasteiger partial charge in [0.1, 0.15) is 29.2 Å².